The standard InChI is InChI=1S/C20H26N2O4/c1-11(2)14-16(23)25-9-13-7-8-19(5,20(13,6)10-21-14)18-22-15(12(3)4)17(24)26-18/h10,13H,7-9H2,1-6H3/b21-10+/t13?,19-,20?/m1/s1. The van der Waals surface area contributed by atoms with Gasteiger partial charge in [-0.3, -0.25) is 4.99 Å². The van der Waals surface area contributed by atoms with Crippen LogP contribution in [0.4, 0.5) is 0 Å². The van der Waals surface area contributed by atoms with E-state index in [2.05, 4.69) is 23.8 Å². The summed E-state index contributed by atoms with van der Waals surface area (Å²) in [6.45, 7) is 11.9. The molecule has 0 saturated heterocycles. The normalized spacial score (nSPS) is 35.2. The Kier molecular flexibility index (Phi) is 4.41. The molecule has 140 valence electrons. The van der Waals surface area contributed by atoms with Gasteiger partial charge in [0.1, 0.15) is 5.70 Å². The minimum Gasteiger partial charge on any atom is -0.461 e. The van der Waals surface area contributed by atoms with Crippen LogP contribution in [0.25, 0.3) is 0 Å². The number of hydrogen-bond donors (Lipinski definition) is 0. The van der Waals surface area contributed by atoms with E-state index in [0.717, 1.165) is 24.0 Å². The molecule has 0 aromatic heterocycles. The van der Waals surface area contributed by atoms with Gasteiger partial charge in [-0.15, -0.1) is 0 Å². The predicted molar refractivity (Wildman–Crippen MR) is 98.7 cm³/mol. The van der Waals surface area contributed by atoms with Crippen LogP contribution < -0.4 is 0 Å². The van der Waals surface area contributed by atoms with Crippen LogP contribution >= 0.6 is 0 Å². The van der Waals surface area contributed by atoms with Gasteiger partial charge < -0.3 is 9.47 Å². The Labute approximate surface area is 154 Å². The van der Waals surface area contributed by atoms with Crippen molar-refractivity contribution in [3.8, 4) is 0 Å². The topological polar surface area (TPSA) is 77.3 Å². The van der Waals surface area contributed by atoms with Crippen molar-refractivity contribution in [3.05, 3.63) is 22.5 Å². The summed E-state index contributed by atoms with van der Waals surface area (Å²) in [5, 5.41) is 0. The molecule has 3 atom stereocenters. The number of hydrogen-bond acceptors (Lipinski definition) is 6. The highest BCUT2D eigenvalue weighted by Crippen LogP contribution is 2.57. The molecule has 2 unspecified atom stereocenters. The van der Waals surface area contributed by atoms with Crippen molar-refractivity contribution in [3.63, 3.8) is 0 Å². The van der Waals surface area contributed by atoms with Crippen LogP contribution in [0.2, 0.25) is 0 Å². The Hall–Kier alpha value is -2.24. The highest BCUT2D eigenvalue weighted by atomic mass is 16.6. The maximum atomic E-state index is 12.2. The monoisotopic (exact) mass is 358 g/mol. The van der Waals surface area contributed by atoms with E-state index < -0.39 is 16.8 Å². The fourth-order valence-corrected chi connectivity index (χ4v) is 4.01. The van der Waals surface area contributed by atoms with Gasteiger partial charge in [-0.05, 0) is 58.6 Å². The predicted octanol–water partition coefficient (Wildman–Crippen LogP) is 3.58. The number of carbonyl (C=O) groups is 2. The van der Waals surface area contributed by atoms with Crippen molar-refractivity contribution in [1.29, 1.82) is 0 Å². The molecule has 0 bridgehead atoms. The van der Waals surface area contributed by atoms with Crippen molar-refractivity contribution >= 4 is 24.1 Å². The highest BCUT2D eigenvalue weighted by molar-refractivity contribution is 6.08. The second-order valence-electron chi connectivity index (χ2n) is 8.21. The number of fused-ring (bicyclic) bond motifs is 1. The molecular formula is C20H26N2O4. The lowest BCUT2D eigenvalue weighted by Crippen LogP contribution is -2.46. The summed E-state index contributed by atoms with van der Waals surface area (Å²) in [4.78, 5) is 33.4. The Bertz CT molecular complexity index is 797. The first kappa shape index (κ1) is 18.5. The molecule has 2 aliphatic heterocycles. The molecule has 0 aromatic rings. The second kappa shape index (κ2) is 6.18. The number of rotatable bonds is 1. The molecule has 3 rings (SSSR count). The molecular weight excluding hydrogens is 332 g/mol. The third-order valence-electron chi connectivity index (χ3n) is 6.12. The Morgan fingerprint density at radius 3 is 2.31 bits per heavy atom. The average molecular weight is 358 g/mol. The molecule has 0 amide bonds. The second-order valence-corrected chi connectivity index (χ2v) is 8.21. The zero-order chi connectivity index (χ0) is 19.3. The van der Waals surface area contributed by atoms with Crippen LogP contribution in [-0.2, 0) is 19.1 Å². The van der Waals surface area contributed by atoms with Crippen molar-refractivity contribution in [1.82, 2.24) is 0 Å². The van der Waals surface area contributed by atoms with Gasteiger partial charge in [0.2, 0.25) is 5.90 Å². The van der Waals surface area contributed by atoms with Gasteiger partial charge in [0.25, 0.3) is 0 Å². The third-order valence-corrected chi connectivity index (χ3v) is 6.12. The maximum absolute atomic E-state index is 12.2. The van der Waals surface area contributed by atoms with Crippen LogP contribution in [0.15, 0.2) is 32.5 Å². The van der Waals surface area contributed by atoms with Gasteiger partial charge in [-0.2, -0.15) is 0 Å². The number of carbonyl (C=O) groups excluding carboxylic acids is 2. The van der Waals surface area contributed by atoms with Crippen LogP contribution in [-0.4, -0.2) is 30.7 Å². The quantitative estimate of drug-likeness (QED) is 0.530. The van der Waals surface area contributed by atoms with Gasteiger partial charge in [-0.1, -0.05) is 6.92 Å². The molecule has 0 spiro atoms. The molecule has 6 heteroatoms. The molecule has 6 nitrogen and oxygen atoms in total. The zero-order valence-corrected chi connectivity index (χ0v) is 16.3. The number of nitrogens with zero attached hydrogens (tertiary/aromatic N) is 2. The molecule has 1 saturated carbocycles. The largest absolute Gasteiger partial charge is 0.461 e. The molecule has 0 aromatic carbocycles. The lowest BCUT2D eigenvalue weighted by atomic mass is 9.65. The van der Waals surface area contributed by atoms with Crippen LogP contribution in [0.3, 0.4) is 0 Å². The van der Waals surface area contributed by atoms with E-state index in [1.165, 1.54) is 0 Å². The lowest BCUT2D eigenvalue weighted by Gasteiger charge is -2.41. The summed E-state index contributed by atoms with van der Waals surface area (Å²) in [5.74, 6) is -0.238. The van der Waals surface area contributed by atoms with Gasteiger partial charge in [-0.25, -0.2) is 14.6 Å². The number of ether oxygens (including phenoxy) is 2. The van der Waals surface area contributed by atoms with Crippen molar-refractivity contribution in [2.24, 2.45) is 26.7 Å². The smallest absolute Gasteiger partial charge is 0.363 e. The fraction of sp³-hybridized carbons (Fsp3) is 0.600. The Balaban J connectivity index is 2.08. The first-order chi connectivity index (χ1) is 12.1. The van der Waals surface area contributed by atoms with Gasteiger partial charge in [0.15, 0.2) is 5.70 Å². The summed E-state index contributed by atoms with van der Waals surface area (Å²) < 4.78 is 11.1. The molecule has 1 aliphatic carbocycles. The first-order valence-corrected chi connectivity index (χ1v) is 8.99. The van der Waals surface area contributed by atoms with Crippen LogP contribution in [0.5, 0.6) is 0 Å². The molecule has 3 aliphatic rings. The van der Waals surface area contributed by atoms with E-state index >= 15 is 0 Å². The summed E-state index contributed by atoms with van der Waals surface area (Å²) in [7, 11) is 0. The van der Waals surface area contributed by atoms with Crippen LogP contribution in [0.1, 0.15) is 54.4 Å². The summed E-state index contributed by atoms with van der Waals surface area (Å²) in [6.07, 6.45) is 3.48. The van der Waals surface area contributed by atoms with Crippen LogP contribution in [0, 0.1) is 16.7 Å². The number of cyclic esters (lactones) is 2. The molecule has 26 heavy (non-hydrogen) atoms. The molecule has 0 N–H and O–H groups in total. The average Bonchev–Trinajstić information content (AvgIpc) is 3.05. The number of aliphatic imine (C=N–C) groups is 2. The zero-order valence-electron chi connectivity index (χ0n) is 16.3. The van der Waals surface area contributed by atoms with E-state index in [1.807, 2.05) is 33.9 Å². The van der Waals surface area contributed by atoms with E-state index in [-0.39, 0.29) is 11.9 Å². The lowest BCUT2D eigenvalue weighted by molar-refractivity contribution is -0.141. The van der Waals surface area contributed by atoms with Crippen molar-refractivity contribution < 1.29 is 19.1 Å². The number of esters is 2. The fourth-order valence-electron chi connectivity index (χ4n) is 4.01. The maximum Gasteiger partial charge on any atom is 0.363 e. The van der Waals surface area contributed by atoms with E-state index in [9.17, 15) is 9.59 Å². The summed E-state index contributed by atoms with van der Waals surface area (Å²) in [6, 6.07) is 0. The van der Waals surface area contributed by atoms with E-state index in [0.29, 0.717) is 23.9 Å². The third kappa shape index (κ3) is 2.63. The van der Waals surface area contributed by atoms with Gasteiger partial charge in [0.05, 0.1) is 12.0 Å². The van der Waals surface area contributed by atoms with Gasteiger partial charge >= 0.3 is 11.9 Å². The first-order valence-electron chi connectivity index (χ1n) is 8.99. The van der Waals surface area contributed by atoms with E-state index in [4.69, 9.17) is 9.47 Å². The molecule has 0 radical (unpaired) electrons. The minimum absolute atomic E-state index is 0.0936. The summed E-state index contributed by atoms with van der Waals surface area (Å²) >= 11 is 0. The SMILES string of the molecule is CC(C)=C1N=C([C@@]2(C)CCC3COC(=O)C(=C(C)C)/N=C/C32C)OC1=O. The minimum atomic E-state index is -0.496. The highest BCUT2D eigenvalue weighted by Gasteiger charge is 2.59. The number of allylic oxidation sites excluding steroid dienone is 2. The Morgan fingerprint density at radius 1 is 1.08 bits per heavy atom. The Morgan fingerprint density at radius 2 is 1.73 bits per heavy atom. The van der Waals surface area contributed by atoms with Gasteiger partial charge in [0, 0.05) is 17.5 Å². The molecule has 2 heterocycles. The van der Waals surface area contributed by atoms with Crippen molar-refractivity contribution in [2.75, 3.05) is 6.61 Å². The summed E-state index contributed by atoms with van der Waals surface area (Å²) in [5.41, 5.74) is 1.43. The van der Waals surface area contributed by atoms with Crippen molar-refractivity contribution in [2.45, 2.75) is 54.4 Å². The molecule has 1 fully saturated rings. The van der Waals surface area contributed by atoms with E-state index in [1.54, 1.807) is 0 Å².